The molecule has 3 atom stereocenters. The standard InChI is InChI=1S/C28H35N3O4/c1-5-34-22-13-9-12-20-24-23(26(32)29-21-15-14-17(2)16-18(21)3)28(4,35-25(20)22)31(27(33)30-24)19-10-7-6-8-11-19/h9,12-16,19,23-24H,5-8,10-11H2,1-4H3,(H,29,32)(H,30,33)/t23-,24+,28+/m1/s1. The summed E-state index contributed by atoms with van der Waals surface area (Å²) >= 11 is 0. The summed E-state index contributed by atoms with van der Waals surface area (Å²) in [6, 6.07) is 11.0. The molecule has 2 fully saturated rings. The quantitative estimate of drug-likeness (QED) is 0.599. The van der Waals surface area contributed by atoms with Crippen molar-refractivity contribution in [3.8, 4) is 11.5 Å². The van der Waals surface area contributed by atoms with E-state index >= 15 is 0 Å². The Kier molecular flexibility index (Phi) is 6.11. The van der Waals surface area contributed by atoms with Gasteiger partial charge in [-0.15, -0.1) is 0 Å². The van der Waals surface area contributed by atoms with Crippen molar-refractivity contribution < 1.29 is 19.1 Å². The van der Waals surface area contributed by atoms with E-state index in [0.717, 1.165) is 48.1 Å². The van der Waals surface area contributed by atoms with Crippen LogP contribution < -0.4 is 20.1 Å². The van der Waals surface area contributed by atoms with Gasteiger partial charge in [-0.3, -0.25) is 9.69 Å². The molecule has 1 saturated carbocycles. The van der Waals surface area contributed by atoms with Gasteiger partial charge in [-0.2, -0.15) is 0 Å². The van der Waals surface area contributed by atoms with Crippen molar-refractivity contribution in [3.05, 3.63) is 53.1 Å². The van der Waals surface area contributed by atoms with Crippen molar-refractivity contribution in [2.45, 2.75) is 77.6 Å². The lowest BCUT2D eigenvalue weighted by atomic mass is 9.77. The van der Waals surface area contributed by atoms with E-state index in [2.05, 4.69) is 16.7 Å². The molecule has 3 aliphatic rings. The highest BCUT2D eigenvalue weighted by molar-refractivity contribution is 5.97. The monoisotopic (exact) mass is 477 g/mol. The fourth-order valence-corrected chi connectivity index (χ4v) is 6.11. The zero-order valence-electron chi connectivity index (χ0n) is 21.0. The molecule has 3 amide bonds. The Morgan fingerprint density at radius 3 is 2.69 bits per heavy atom. The van der Waals surface area contributed by atoms with Crippen LogP contribution in [0, 0.1) is 19.8 Å². The van der Waals surface area contributed by atoms with Crippen LogP contribution in [0.3, 0.4) is 0 Å². The number of rotatable bonds is 5. The molecule has 5 rings (SSSR count). The molecule has 2 heterocycles. The van der Waals surface area contributed by atoms with Crippen molar-refractivity contribution in [3.63, 3.8) is 0 Å². The van der Waals surface area contributed by atoms with Gasteiger partial charge in [-0.1, -0.05) is 49.1 Å². The number of hydrogen-bond donors (Lipinski definition) is 2. The summed E-state index contributed by atoms with van der Waals surface area (Å²) in [5.41, 5.74) is 2.52. The van der Waals surface area contributed by atoms with Crippen molar-refractivity contribution >= 4 is 17.6 Å². The predicted molar refractivity (Wildman–Crippen MR) is 135 cm³/mol. The van der Waals surface area contributed by atoms with Crippen LogP contribution in [0.5, 0.6) is 11.5 Å². The summed E-state index contributed by atoms with van der Waals surface area (Å²) in [7, 11) is 0. The molecule has 0 spiro atoms. The minimum atomic E-state index is -1.15. The molecule has 1 aliphatic carbocycles. The van der Waals surface area contributed by atoms with Gasteiger partial charge < -0.3 is 20.1 Å². The van der Waals surface area contributed by atoms with Crippen LogP contribution in [0.15, 0.2) is 36.4 Å². The molecule has 7 nitrogen and oxygen atoms in total. The number of urea groups is 1. The number of hydrogen-bond acceptors (Lipinski definition) is 4. The summed E-state index contributed by atoms with van der Waals surface area (Å²) in [5.74, 6) is 0.428. The zero-order chi connectivity index (χ0) is 24.7. The van der Waals surface area contributed by atoms with E-state index in [1.165, 1.54) is 6.42 Å². The third-order valence-corrected chi connectivity index (χ3v) is 7.70. The highest BCUT2D eigenvalue weighted by atomic mass is 16.5. The van der Waals surface area contributed by atoms with Gasteiger partial charge in [0.05, 0.1) is 12.6 Å². The number of nitrogens with zero attached hydrogens (tertiary/aromatic N) is 1. The lowest BCUT2D eigenvalue weighted by molar-refractivity contribution is -0.163. The molecule has 0 aromatic heterocycles. The molecular weight excluding hydrogens is 442 g/mol. The first kappa shape index (κ1) is 23.5. The van der Waals surface area contributed by atoms with E-state index in [1.807, 2.05) is 58.0 Å². The van der Waals surface area contributed by atoms with Crippen molar-refractivity contribution in [2.24, 2.45) is 5.92 Å². The number of carbonyl (C=O) groups excluding carboxylic acids is 2. The first-order chi connectivity index (χ1) is 16.8. The Morgan fingerprint density at radius 1 is 1.20 bits per heavy atom. The molecule has 7 heteroatoms. The van der Waals surface area contributed by atoms with Crippen molar-refractivity contribution in [2.75, 3.05) is 11.9 Å². The van der Waals surface area contributed by atoms with E-state index in [9.17, 15) is 9.59 Å². The highest BCUT2D eigenvalue weighted by Gasteiger charge is 2.61. The Hall–Kier alpha value is -3.22. The van der Waals surface area contributed by atoms with Gasteiger partial charge in [-0.05, 0) is 58.2 Å². The summed E-state index contributed by atoms with van der Waals surface area (Å²) < 4.78 is 12.6. The van der Waals surface area contributed by atoms with Crippen LogP contribution in [0.2, 0.25) is 0 Å². The number of benzene rings is 2. The molecule has 2 aromatic carbocycles. The average Bonchev–Trinajstić information content (AvgIpc) is 2.82. The normalized spacial score (nSPS) is 25.8. The van der Waals surface area contributed by atoms with Gasteiger partial charge in [0.2, 0.25) is 5.91 Å². The topological polar surface area (TPSA) is 79.9 Å². The van der Waals surface area contributed by atoms with Gasteiger partial charge in [0.25, 0.3) is 0 Å². The smallest absolute Gasteiger partial charge is 0.321 e. The fourth-order valence-electron chi connectivity index (χ4n) is 6.11. The van der Waals surface area contributed by atoms with Gasteiger partial charge in [0.1, 0.15) is 5.92 Å². The van der Waals surface area contributed by atoms with Crippen molar-refractivity contribution in [1.82, 2.24) is 10.2 Å². The van der Waals surface area contributed by atoms with E-state index in [-0.39, 0.29) is 18.0 Å². The third kappa shape index (κ3) is 4.01. The van der Waals surface area contributed by atoms with Crippen LogP contribution in [-0.2, 0) is 4.79 Å². The zero-order valence-corrected chi connectivity index (χ0v) is 21.0. The lowest BCUT2D eigenvalue weighted by Crippen LogP contribution is -2.73. The number of ether oxygens (including phenoxy) is 2. The number of nitrogens with one attached hydrogen (secondary N) is 2. The molecule has 2 aliphatic heterocycles. The van der Waals surface area contributed by atoms with Crippen LogP contribution in [0.1, 0.15) is 68.7 Å². The second-order valence-electron chi connectivity index (χ2n) is 10.1. The summed E-state index contributed by atoms with van der Waals surface area (Å²) in [4.78, 5) is 29.3. The van der Waals surface area contributed by atoms with Crippen molar-refractivity contribution in [1.29, 1.82) is 0 Å². The second-order valence-corrected chi connectivity index (χ2v) is 10.1. The Bertz CT molecular complexity index is 1140. The van der Waals surface area contributed by atoms with Crippen LogP contribution in [0.4, 0.5) is 10.5 Å². The lowest BCUT2D eigenvalue weighted by Gasteiger charge is -2.57. The number of anilines is 1. The van der Waals surface area contributed by atoms with Gasteiger partial charge >= 0.3 is 6.03 Å². The van der Waals surface area contributed by atoms with E-state index in [0.29, 0.717) is 18.1 Å². The molecule has 0 unspecified atom stereocenters. The third-order valence-electron chi connectivity index (χ3n) is 7.70. The maximum absolute atomic E-state index is 14.0. The summed E-state index contributed by atoms with van der Waals surface area (Å²) in [6.07, 6.45) is 5.10. The second kappa shape index (κ2) is 9.10. The molecule has 1 saturated heterocycles. The first-order valence-corrected chi connectivity index (χ1v) is 12.8. The number of fused-ring (bicyclic) bond motifs is 4. The number of aryl methyl sites for hydroxylation is 2. The molecule has 186 valence electrons. The number of para-hydroxylation sites is 1. The predicted octanol–water partition coefficient (Wildman–Crippen LogP) is 5.46. The fraction of sp³-hybridized carbons (Fsp3) is 0.500. The molecule has 35 heavy (non-hydrogen) atoms. The molecule has 2 aromatic rings. The van der Waals surface area contributed by atoms with Crippen LogP contribution in [0.25, 0.3) is 0 Å². The molecular formula is C28H35N3O4. The van der Waals surface area contributed by atoms with Gasteiger partial charge in [0, 0.05) is 17.3 Å². The van der Waals surface area contributed by atoms with Crippen LogP contribution in [-0.4, -0.2) is 35.2 Å². The minimum absolute atomic E-state index is 0.0203. The Labute approximate surface area is 207 Å². The van der Waals surface area contributed by atoms with Gasteiger partial charge in [-0.25, -0.2) is 4.79 Å². The maximum atomic E-state index is 14.0. The largest absolute Gasteiger partial charge is 0.490 e. The molecule has 0 radical (unpaired) electrons. The summed E-state index contributed by atoms with van der Waals surface area (Å²) in [6.45, 7) is 8.34. The minimum Gasteiger partial charge on any atom is -0.490 e. The van der Waals surface area contributed by atoms with Crippen LogP contribution >= 0.6 is 0 Å². The molecule has 2 bridgehead atoms. The summed E-state index contributed by atoms with van der Waals surface area (Å²) in [5, 5.41) is 6.32. The Morgan fingerprint density at radius 2 is 1.97 bits per heavy atom. The van der Waals surface area contributed by atoms with Gasteiger partial charge in [0.15, 0.2) is 17.2 Å². The molecule has 2 N–H and O–H groups in total. The SMILES string of the molecule is CCOc1cccc2c1O[C@@]1(C)[C@@H](C(=O)Nc3ccc(C)cc3C)[C@H]2NC(=O)N1C1CCCCC1. The maximum Gasteiger partial charge on any atom is 0.321 e. The highest BCUT2D eigenvalue weighted by Crippen LogP contribution is 2.52. The first-order valence-electron chi connectivity index (χ1n) is 12.8. The number of amides is 3. The van der Waals surface area contributed by atoms with E-state index in [1.54, 1.807) is 4.90 Å². The number of carbonyl (C=O) groups is 2. The van der Waals surface area contributed by atoms with E-state index in [4.69, 9.17) is 9.47 Å². The average molecular weight is 478 g/mol. The Balaban J connectivity index is 1.59. The van der Waals surface area contributed by atoms with E-state index < -0.39 is 17.7 Å².